The standard InChI is InChI=1S/C24H33ClN2O3/c1-3-29-23-16-20(17-26-9-6-10-27-11-13-28-14-12-27)15-22(25)24(23)30-18-21-8-5-4-7-19(21)2/h4-5,7-8,15-16,26H,3,6,9-14,17-18H2,1-2H3. The summed E-state index contributed by atoms with van der Waals surface area (Å²) in [6.45, 7) is 11.7. The first-order valence-electron chi connectivity index (χ1n) is 10.8. The topological polar surface area (TPSA) is 43.0 Å². The van der Waals surface area contributed by atoms with Crippen molar-refractivity contribution in [1.82, 2.24) is 10.2 Å². The summed E-state index contributed by atoms with van der Waals surface area (Å²) in [6.07, 6.45) is 1.11. The van der Waals surface area contributed by atoms with Gasteiger partial charge in [0.1, 0.15) is 6.61 Å². The van der Waals surface area contributed by atoms with Crippen LogP contribution < -0.4 is 14.8 Å². The highest BCUT2D eigenvalue weighted by atomic mass is 35.5. The van der Waals surface area contributed by atoms with Crippen molar-refractivity contribution in [3.63, 3.8) is 0 Å². The molecule has 0 aromatic heterocycles. The Balaban J connectivity index is 1.53. The van der Waals surface area contributed by atoms with E-state index in [4.69, 9.17) is 25.8 Å². The van der Waals surface area contributed by atoms with E-state index in [0.29, 0.717) is 29.7 Å². The molecule has 5 nitrogen and oxygen atoms in total. The Morgan fingerprint density at radius 3 is 2.70 bits per heavy atom. The van der Waals surface area contributed by atoms with Crippen LogP contribution in [0.15, 0.2) is 36.4 Å². The predicted octanol–water partition coefficient (Wildman–Crippen LogP) is 4.44. The summed E-state index contributed by atoms with van der Waals surface area (Å²) < 4.78 is 17.3. The highest BCUT2D eigenvalue weighted by molar-refractivity contribution is 6.32. The molecule has 0 spiro atoms. The lowest BCUT2D eigenvalue weighted by Crippen LogP contribution is -2.37. The van der Waals surface area contributed by atoms with Gasteiger partial charge in [-0.3, -0.25) is 4.90 Å². The van der Waals surface area contributed by atoms with Gasteiger partial charge < -0.3 is 19.5 Å². The SMILES string of the molecule is CCOc1cc(CNCCCN2CCOCC2)cc(Cl)c1OCc1ccccc1C. The summed E-state index contributed by atoms with van der Waals surface area (Å²) in [4.78, 5) is 2.45. The lowest BCUT2D eigenvalue weighted by molar-refractivity contribution is 0.0374. The molecule has 1 aliphatic rings. The first-order valence-corrected chi connectivity index (χ1v) is 11.2. The van der Waals surface area contributed by atoms with Crippen LogP contribution in [-0.2, 0) is 17.9 Å². The van der Waals surface area contributed by atoms with Gasteiger partial charge in [-0.25, -0.2) is 0 Å². The van der Waals surface area contributed by atoms with E-state index in [1.54, 1.807) is 0 Å². The minimum atomic E-state index is 0.464. The summed E-state index contributed by atoms with van der Waals surface area (Å²) in [6, 6.07) is 12.2. The van der Waals surface area contributed by atoms with E-state index in [1.807, 2.05) is 31.2 Å². The molecule has 0 bridgehead atoms. The van der Waals surface area contributed by atoms with Gasteiger partial charge in [0.25, 0.3) is 0 Å². The number of benzene rings is 2. The molecule has 0 amide bonds. The molecule has 1 heterocycles. The molecule has 1 N–H and O–H groups in total. The van der Waals surface area contributed by atoms with E-state index in [1.165, 1.54) is 5.56 Å². The van der Waals surface area contributed by atoms with Crippen LogP contribution >= 0.6 is 11.6 Å². The van der Waals surface area contributed by atoms with E-state index in [0.717, 1.165) is 63.5 Å². The number of aryl methyl sites for hydroxylation is 1. The number of halogens is 1. The van der Waals surface area contributed by atoms with Crippen LogP contribution in [0.2, 0.25) is 5.02 Å². The van der Waals surface area contributed by atoms with Gasteiger partial charge in [-0.15, -0.1) is 0 Å². The van der Waals surface area contributed by atoms with Gasteiger partial charge in [-0.05, 0) is 62.2 Å². The van der Waals surface area contributed by atoms with Gasteiger partial charge >= 0.3 is 0 Å². The predicted molar refractivity (Wildman–Crippen MR) is 122 cm³/mol. The number of hydrogen-bond donors (Lipinski definition) is 1. The number of ether oxygens (including phenoxy) is 3. The Morgan fingerprint density at radius 1 is 1.13 bits per heavy atom. The van der Waals surface area contributed by atoms with Crippen molar-refractivity contribution >= 4 is 11.6 Å². The summed E-state index contributed by atoms with van der Waals surface area (Å²) in [5.74, 6) is 1.31. The molecule has 0 unspecified atom stereocenters. The van der Waals surface area contributed by atoms with E-state index in [-0.39, 0.29) is 0 Å². The molecular formula is C24H33ClN2O3. The highest BCUT2D eigenvalue weighted by Gasteiger charge is 2.14. The Labute approximate surface area is 185 Å². The van der Waals surface area contributed by atoms with Gasteiger partial charge in [0, 0.05) is 19.6 Å². The minimum absolute atomic E-state index is 0.464. The maximum absolute atomic E-state index is 6.57. The molecule has 0 radical (unpaired) electrons. The Morgan fingerprint density at radius 2 is 1.93 bits per heavy atom. The third-order valence-electron chi connectivity index (χ3n) is 5.26. The Kier molecular flexibility index (Phi) is 9.27. The molecule has 0 aliphatic carbocycles. The first kappa shape index (κ1) is 22.9. The smallest absolute Gasteiger partial charge is 0.180 e. The molecule has 3 rings (SSSR count). The van der Waals surface area contributed by atoms with Gasteiger partial charge in [0.2, 0.25) is 0 Å². The van der Waals surface area contributed by atoms with E-state index in [9.17, 15) is 0 Å². The number of nitrogens with zero attached hydrogens (tertiary/aromatic N) is 1. The average molecular weight is 433 g/mol. The van der Waals surface area contributed by atoms with Crippen molar-refractivity contribution in [1.29, 1.82) is 0 Å². The monoisotopic (exact) mass is 432 g/mol. The first-order chi connectivity index (χ1) is 14.7. The van der Waals surface area contributed by atoms with Crippen molar-refractivity contribution in [2.45, 2.75) is 33.4 Å². The van der Waals surface area contributed by atoms with Crippen LogP contribution in [0.5, 0.6) is 11.5 Å². The second-order valence-electron chi connectivity index (χ2n) is 7.54. The van der Waals surface area contributed by atoms with Gasteiger partial charge in [-0.1, -0.05) is 35.9 Å². The quantitative estimate of drug-likeness (QED) is 0.532. The second kappa shape index (κ2) is 12.2. The molecule has 2 aromatic rings. The third kappa shape index (κ3) is 6.88. The number of rotatable bonds is 11. The summed E-state index contributed by atoms with van der Waals surface area (Å²) in [5.41, 5.74) is 3.43. The lowest BCUT2D eigenvalue weighted by Gasteiger charge is -2.26. The van der Waals surface area contributed by atoms with E-state index in [2.05, 4.69) is 29.3 Å². The second-order valence-corrected chi connectivity index (χ2v) is 7.94. The molecule has 2 aromatic carbocycles. The van der Waals surface area contributed by atoms with Crippen molar-refractivity contribution in [2.24, 2.45) is 0 Å². The fourth-order valence-corrected chi connectivity index (χ4v) is 3.82. The fourth-order valence-electron chi connectivity index (χ4n) is 3.53. The normalized spacial score (nSPS) is 14.6. The lowest BCUT2D eigenvalue weighted by atomic mass is 10.1. The summed E-state index contributed by atoms with van der Waals surface area (Å²) >= 11 is 6.57. The maximum atomic E-state index is 6.57. The fraction of sp³-hybridized carbons (Fsp3) is 0.500. The molecule has 1 fully saturated rings. The van der Waals surface area contributed by atoms with Gasteiger partial charge in [0.15, 0.2) is 11.5 Å². The zero-order chi connectivity index (χ0) is 21.2. The molecule has 6 heteroatoms. The Bertz CT molecular complexity index is 794. The number of nitrogens with one attached hydrogen (secondary N) is 1. The van der Waals surface area contributed by atoms with Crippen LogP contribution in [-0.4, -0.2) is 50.9 Å². The van der Waals surface area contributed by atoms with Crippen molar-refractivity contribution < 1.29 is 14.2 Å². The zero-order valence-electron chi connectivity index (χ0n) is 18.1. The van der Waals surface area contributed by atoms with Crippen LogP contribution in [0, 0.1) is 6.92 Å². The molecule has 0 saturated carbocycles. The largest absolute Gasteiger partial charge is 0.490 e. The van der Waals surface area contributed by atoms with E-state index < -0.39 is 0 Å². The number of hydrogen-bond acceptors (Lipinski definition) is 5. The molecule has 1 aliphatic heterocycles. The molecule has 30 heavy (non-hydrogen) atoms. The zero-order valence-corrected chi connectivity index (χ0v) is 18.8. The highest BCUT2D eigenvalue weighted by Crippen LogP contribution is 2.37. The molecule has 164 valence electrons. The molecule has 1 saturated heterocycles. The van der Waals surface area contributed by atoms with Crippen molar-refractivity contribution in [3.05, 3.63) is 58.1 Å². The average Bonchev–Trinajstić information content (AvgIpc) is 2.75. The summed E-state index contributed by atoms with van der Waals surface area (Å²) in [7, 11) is 0. The van der Waals surface area contributed by atoms with Crippen LogP contribution in [0.1, 0.15) is 30.0 Å². The van der Waals surface area contributed by atoms with Gasteiger partial charge in [0.05, 0.1) is 24.8 Å². The van der Waals surface area contributed by atoms with Crippen molar-refractivity contribution in [2.75, 3.05) is 46.0 Å². The Hall–Kier alpha value is -1.79. The maximum Gasteiger partial charge on any atom is 0.180 e. The van der Waals surface area contributed by atoms with Gasteiger partial charge in [-0.2, -0.15) is 0 Å². The summed E-state index contributed by atoms with van der Waals surface area (Å²) in [5, 5.41) is 4.09. The molecule has 0 atom stereocenters. The van der Waals surface area contributed by atoms with Crippen LogP contribution in [0.25, 0.3) is 0 Å². The number of morpholine rings is 1. The van der Waals surface area contributed by atoms with Crippen LogP contribution in [0.3, 0.4) is 0 Å². The van der Waals surface area contributed by atoms with Crippen LogP contribution in [0.4, 0.5) is 0 Å². The minimum Gasteiger partial charge on any atom is -0.490 e. The molecular weight excluding hydrogens is 400 g/mol. The van der Waals surface area contributed by atoms with E-state index >= 15 is 0 Å². The third-order valence-corrected chi connectivity index (χ3v) is 5.54. The van der Waals surface area contributed by atoms with Crippen molar-refractivity contribution in [3.8, 4) is 11.5 Å².